The fourth-order valence-electron chi connectivity index (χ4n) is 2.17. The average molecular weight is 282 g/mol. The largest absolute Gasteiger partial charge is 0.481 e. The van der Waals surface area contributed by atoms with Crippen LogP contribution in [-0.4, -0.2) is 36.2 Å². The van der Waals surface area contributed by atoms with Gasteiger partial charge in [-0.05, 0) is 19.8 Å². The molecule has 0 aromatic rings. The second kappa shape index (κ2) is 7.47. The molecule has 0 fully saturated rings. The first-order chi connectivity index (χ1) is 9.47. The van der Waals surface area contributed by atoms with Gasteiger partial charge in [0.15, 0.2) is 0 Å². The second-order valence-electron chi connectivity index (χ2n) is 4.49. The van der Waals surface area contributed by atoms with Crippen molar-refractivity contribution in [3.8, 4) is 0 Å². The lowest BCUT2D eigenvalue weighted by Crippen LogP contribution is -2.34. The van der Waals surface area contributed by atoms with Crippen molar-refractivity contribution in [2.75, 3.05) is 13.2 Å². The highest BCUT2D eigenvalue weighted by Crippen LogP contribution is 2.31. The lowest BCUT2D eigenvalue weighted by atomic mass is 9.79. The van der Waals surface area contributed by atoms with Gasteiger partial charge in [-0.1, -0.05) is 18.2 Å². The minimum atomic E-state index is -1.03. The topological polar surface area (TPSA) is 89.9 Å². The van der Waals surface area contributed by atoms with E-state index in [1.807, 2.05) is 6.08 Å². The molecule has 0 amide bonds. The summed E-state index contributed by atoms with van der Waals surface area (Å²) in [7, 11) is 0. The Labute approximate surface area is 117 Å². The van der Waals surface area contributed by atoms with Gasteiger partial charge in [0.05, 0.1) is 11.8 Å². The Kier molecular flexibility index (Phi) is 5.96. The Hall–Kier alpha value is -2.11. The van der Waals surface area contributed by atoms with E-state index in [0.717, 1.165) is 6.08 Å². The molecule has 2 atom stereocenters. The summed E-state index contributed by atoms with van der Waals surface area (Å²) in [5.74, 6) is -3.72. The Balaban J connectivity index is 2.49. The van der Waals surface area contributed by atoms with Crippen molar-refractivity contribution in [3.05, 3.63) is 24.3 Å². The number of allylic oxidation sites excluding steroid dienone is 1. The van der Waals surface area contributed by atoms with Crippen LogP contribution in [0.15, 0.2) is 24.3 Å². The fraction of sp³-hybridized carbons (Fsp3) is 0.500. The van der Waals surface area contributed by atoms with Gasteiger partial charge in [-0.3, -0.25) is 9.59 Å². The van der Waals surface area contributed by atoms with Gasteiger partial charge in [0.2, 0.25) is 0 Å². The maximum Gasteiger partial charge on any atom is 0.330 e. The van der Waals surface area contributed by atoms with Crippen molar-refractivity contribution in [1.82, 2.24) is 0 Å². The van der Waals surface area contributed by atoms with Gasteiger partial charge < -0.3 is 14.6 Å². The number of carboxylic acids is 1. The maximum atomic E-state index is 11.9. The molecule has 20 heavy (non-hydrogen) atoms. The van der Waals surface area contributed by atoms with Crippen LogP contribution in [0, 0.1) is 11.8 Å². The molecule has 0 spiro atoms. The first-order valence-corrected chi connectivity index (χ1v) is 6.32. The van der Waals surface area contributed by atoms with Crippen molar-refractivity contribution < 1.29 is 29.0 Å². The number of ether oxygens (including phenoxy) is 2. The highest BCUT2D eigenvalue weighted by Gasteiger charge is 2.37. The summed E-state index contributed by atoms with van der Waals surface area (Å²) in [6, 6.07) is 0. The summed E-state index contributed by atoms with van der Waals surface area (Å²) in [4.78, 5) is 33.9. The van der Waals surface area contributed by atoms with Crippen molar-refractivity contribution in [2.45, 2.75) is 19.8 Å². The monoisotopic (exact) mass is 282 g/mol. The number of carboxylic acid groups (broad SMARTS) is 1. The molecule has 0 radical (unpaired) electrons. The molecule has 1 N–H and O–H groups in total. The van der Waals surface area contributed by atoms with Crippen molar-refractivity contribution in [1.29, 1.82) is 0 Å². The highest BCUT2D eigenvalue weighted by atomic mass is 16.6. The Bertz CT molecular complexity index is 437. The van der Waals surface area contributed by atoms with E-state index in [2.05, 4.69) is 11.3 Å². The van der Waals surface area contributed by atoms with Crippen molar-refractivity contribution in [2.24, 2.45) is 11.8 Å². The predicted molar refractivity (Wildman–Crippen MR) is 69.7 cm³/mol. The first kappa shape index (κ1) is 15.9. The van der Waals surface area contributed by atoms with E-state index >= 15 is 0 Å². The molecule has 0 saturated heterocycles. The van der Waals surface area contributed by atoms with Crippen molar-refractivity contribution >= 4 is 17.9 Å². The lowest BCUT2D eigenvalue weighted by molar-refractivity contribution is -0.159. The van der Waals surface area contributed by atoms with Crippen LogP contribution < -0.4 is 0 Å². The zero-order chi connectivity index (χ0) is 15.1. The predicted octanol–water partition coefficient (Wildman–Crippen LogP) is 1.32. The molecule has 0 aliphatic heterocycles. The normalized spacial score (nSPS) is 21.6. The number of hydrogen-bond acceptors (Lipinski definition) is 5. The third kappa shape index (κ3) is 4.22. The molecule has 0 heterocycles. The smallest absolute Gasteiger partial charge is 0.330 e. The quantitative estimate of drug-likeness (QED) is 0.342. The van der Waals surface area contributed by atoms with Crippen LogP contribution in [0.25, 0.3) is 0 Å². The van der Waals surface area contributed by atoms with Crippen LogP contribution in [0.3, 0.4) is 0 Å². The van der Waals surface area contributed by atoms with E-state index < -0.39 is 29.7 Å². The zero-order valence-electron chi connectivity index (χ0n) is 11.3. The molecule has 1 rings (SSSR count). The molecule has 0 bridgehead atoms. The Morgan fingerprint density at radius 3 is 2.65 bits per heavy atom. The Morgan fingerprint density at radius 2 is 2.05 bits per heavy atom. The third-order valence-corrected chi connectivity index (χ3v) is 3.14. The summed E-state index contributed by atoms with van der Waals surface area (Å²) < 4.78 is 9.63. The Morgan fingerprint density at radius 1 is 1.40 bits per heavy atom. The van der Waals surface area contributed by atoms with Gasteiger partial charge in [-0.15, -0.1) is 0 Å². The van der Waals surface area contributed by atoms with Gasteiger partial charge in [0, 0.05) is 6.08 Å². The summed E-state index contributed by atoms with van der Waals surface area (Å²) in [6.07, 6.45) is 3.94. The number of carbonyl (C=O) groups is 3. The zero-order valence-corrected chi connectivity index (χ0v) is 11.3. The molecule has 1 aliphatic rings. The summed E-state index contributed by atoms with van der Waals surface area (Å²) >= 11 is 0. The molecule has 2 unspecified atom stereocenters. The number of aliphatic carboxylic acids is 1. The molecule has 0 aromatic carbocycles. The standard InChI is InChI=1S/C14H18O6/c1-3-11(15)19-7-8-20-14(18)10-6-4-5-9(2)12(10)13(16)17/h3,5,10,12H,1,4,6-8H2,2H3,(H,16,17). The molecule has 0 saturated carbocycles. The first-order valence-electron chi connectivity index (χ1n) is 6.32. The molecule has 1 aliphatic carbocycles. The van der Waals surface area contributed by atoms with Gasteiger partial charge in [-0.2, -0.15) is 0 Å². The fourth-order valence-corrected chi connectivity index (χ4v) is 2.17. The van der Waals surface area contributed by atoms with Crippen LogP contribution in [0.4, 0.5) is 0 Å². The van der Waals surface area contributed by atoms with Crippen LogP contribution in [0.1, 0.15) is 19.8 Å². The van der Waals surface area contributed by atoms with E-state index in [4.69, 9.17) is 4.74 Å². The van der Waals surface area contributed by atoms with Gasteiger partial charge in [-0.25, -0.2) is 4.79 Å². The second-order valence-corrected chi connectivity index (χ2v) is 4.49. The summed E-state index contributed by atoms with van der Waals surface area (Å²) in [6.45, 7) is 4.76. The van der Waals surface area contributed by atoms with E-state index in [0.29, 0.717) is 18.4 Å². The molecular formula is C14H18O6. The summed E-state index contributed by atoms with van der Waals surface area (Å²) in [5.41, 5.74) is 0.670. The maximum absolute atomic E-state index is 11.9. The van der Waals surface area contributed by atoms with E-state index in [-0.39, 0.29) is 13.2 Å². The number of hydrogen-bond donors (Lipinski definition) is 1. The average Bonchev–Trinajstić information content (AvgIpc) is 2.42. The minimum absolute atomic E-state index is 0.0735. The SMILES string of the molecule is C=CC(=O)OCCOC(=O)C1CCC=C(C)C1C(=O)O. The van der Waals surface area contributed by atoms with Crippen LogP contribution in [0.2, 0.25) is 0 Å². The molecule has 6 heteroatoms. The highest BCUT2D eigenvalue weighted by molar-refractivity contribution is 5.84. The van der Waals surface area contributed by atoms with Crippen LogP contribution >= 0.6 is 0 Å². The minimum Gasteiger partial charge on any atom is -0.481 e. The summed E-state index contributed by atoms with van der Waals surface area (Å²) in [5, 5.41) is 9.18. The lowest BCUT2D eigenvalue weighted by Gasteiger charge is -2.26. The van der Waals surface area contributed by atoms with Gasteiger partial charge in [0.25, 0.3) is 0 Å². The number of rotatable bonds is 6. The van der Waals surface area contributed by atoms with Crippen LogP contribution in [0.5, 0.6) is 0 Å². The van der Waals surface area contributed by atoms with Crippen molar-refractivity contribution in [3.63, 3.8) is 0 Å². The molecule has 6 nitrogen and oxygen atoms in total. The molecule has 110 valence electrons. The number of esters is 2. The molecular weight excluding hydrogens is 264 g/mol. The van der Waals surface area contributed by atoms with Gasteiger partial charge in [0.1, 0.15) is 13.2 Å². The third-order valence-electron chi connectivity index (χ3n) is 3.14. The van der Waals surface area contributed by atoms with E-state index in [1.165, 1.54) is 0 Å². The van der Waals surface area contributed by atoms with Crippen LogP contribution in [-0.2, 0) is 23.9 Å². The van der Waals surface area contributed by atoms with Gasteiger partial charge >= 0.3 is 17.9 Å². The van der Waals surface area contributed by atoms with E-state index in [9.17, 15) is 19.5 Å². The number of carbonyl (C=O) groups excluding carboxylic acids is 2. The van der Waals surface area contributed by atoms with E-state index in [1.54, 1.807) is 6.92 Å². The molecule has 0 aromatic heterocycles.